The Morgan fingerprint density at radius 2 is 2.00 bits per heavy atom. The molecule has 2 heteroatoms. The van der Waals surface area contributed by atoms with Crippen molar-refractivity contribution in [1.29, 1.82) is 0 Å². The number of carbonyl (C=O) groups is 1. The molecule has 1 aliphatic carbocycles. The van der Waals surface area contributed by atoms with Gasteiger partial charge < -0.3 is 5.32 Å². The van der Waals surface area contributed by atoms with Crippen LogP contribution in [0.3, 0.4) is 0 Å². The molecule has 0 amide bonds. The quantitative estimate of drug-likeness (QED) is 0.731. The van der Waals surface area contributed by atoms with Crippen LogP contribution in [0.1, 0.15) is 48.5 Å². The zero-order chi connectivity index (χ0) is 12.1. The third-order valence-corrected chi connectivity index (χ3v) is 3.18. The molecule has 0 unspecified atom stereocenters. The van der Waals surface area contributed by atoms with E-state index in [-0.39, 0.29) is 5.78 Å². The highest BCUT2D eigenvalue weighted by atomic mass is 16.1. The van der Waals surface area contributed by atoms with Gasteiger partial charge in [0.05, 0.1) is 0 Å². The van der Waals surface area contributed by atoms with Crippen molar-refractivity contribution in [3.63, 3.8) is 0 Å². The second kappa shape index (κ2) is 5.97. The van der Waals surface area contributed by atoms with Crippen LogP contribution in [0, 0.1) is 0 Å². The number of hydrogen-bond donors (Lipinski definition) is 1. The van der Waals surface area contributed by atoms with Gasteiger partial charge in [-0.3, -0.25) is 4.79 Å². The first-order valence-corrected chi connectivity index (χ1v) is 6.65. The molecule has 2 nitrogen and oxygen atoms in total. The highest BCUT2D eigenvalue weighted by molar-refractivity contribution is 5.96. The van der Waals surface area contributed by atoms with Crippen molar-refractivity contribution in [2.75, 3.05) is 6.54 Å². The second-order valence-electron chi connectivity index (χ2n) is 4.85. The molecule has 1 fully saturated rings. The molecule has 0 bridgehead atoms. The van der Waals surface area contributed by atoms with Gasteiger partial charge in [-0.15, -0.1) is 0 Å². The van der Waals surface area contributed by atoms with Crippen molar-refractivity contribution < 1.29 is 4.79 Å². The Morgan fingerprint density at radius 3 is 2.59 bits per heavy atom. The second-order valence-corrected chi connectivity index (χ2v) is 4.85. The van der Waals surface area contributed by atoms with Gasteiger partial charge in [-0.25, -0.2) is 0 Å². The average Bonchev–Trinajstić information content (AvgIpc) is 3.14. The Balaban J connectivity index is 1.80. The van der Waals surface area contributed by atoms with E-state index in [2.05, 4.69) is 24.4 Å². The van der Waals surface area contributed by atoms with E-state index < -0.39 is 0 Å². The molecule has 17 heavy (non-hydrogen) atoms. The number of Topliss-reactive ketones (excluding diaryl/α,β-unsaturated/α-hetero) is 1. The highest BCUT2D eigenvalue weighted by Crippen LogP contribution is 2.18. The van der Waals surface area contributed by atoms with Gasteiger partial charge in [0.1, 0.15) is 0 Å². The molecule has 0 heterocycles. The van der Waals surface area contributed by atoms with Crippen molar-refractivity contribution in [3.8, 4) is 0 Å². The van der Waals surface area contributed by atoms with Crippen LogP contribution < -0.4 is 5.32 Å². The van der Waals surface area contributed by atoms with Gasteiger partial charge in [0.2, 0.25) is 0 Å². The summed E-state index contributed by atoms with van der Waals surface area (Å²) in [5, 5.41) is 3.37. The Morgan fingerprint density at radius 1 is 1.29 bits per heavy atom. The SMILES string of the molecule is CCCc1ccc(C(=O)CCNC2CC2)cc1. The van der Waals surface area contributed by atoms with Gasteiger partial charge >= 0.3 is 0 Å². The van der Waals surface area contributed by atoms with E-state index in [1.54, 1.807) is 0 Å². The normalized spacial score (nSPS) is 14.9. The number of nitrogens with one attached hydrogen (secondary N) is 1. The van der Waals surface area contributed by atoms with E-state index in [9.17, 15) is 4.79 Å². The number of carbonyl (C=O) groups excluding carboxylic acids is 1. The zero-order valence-corrected chi connectivity index (χ0v) is 10.5. The number of benzene rings is 1. The van der Waals surface area contributed by atoms with Crippen molar-refractivity contribution in [3.05, 3.63) is 35.4 Å². The molecule has 2 rings (SSSR count). The molecule has 1 N–H and O–H groups in total. The van der Waals surface area contributed by atoms with E-state index >= 15 is 0 Å². The lowest BCUT2D eigenvalue weighted by molar-refractivity contribution is 0.0982. The summed E-state index contributed by atoms with van der Waals surface area (Å²) in [7, 11) is 0. The molecule has 1 saturated carbocycles. The third kappa shape index (κ3) is 3.97. The molecule has 0 spiro atoms. The fourth-order valence-corrected chi connectivity index (χ4v) is 1.97. The Labute approximate surface area is 103 Å². The molecule has 0 saturated heterocycles. The van der Waals surface area contributed by atoms with Crippen LogP contribution in [-0.2, 0) is 6.42 Å². The van der Waals surface area contributed by atoms with E-state index in [0.29, 0.717) is 12.5 Å². The minimum Gasteiger partial charge on any atom is -0.314 e. The van der Waals surface area contributed by atoms with Crippen LogP contribution >= 0.6 is 0 Å². The van der Waals surface area contributed by atoms with Crippen molar-refractivity contribution in [2.24, 2.45) is 0 Å². The first-order valence-electron chi connectivity index (χ1n) is 6.65. The average molecular weight is 231 g/mol. The van der Waals surface area contributed by atoms with Gasteiger partial charge in [0, 0.05) is 24.6 Å². The van der Waals surface area contributed by atoms with Crippen molar-refractivity contribution in [2.45, 2.75) is 45.1 Å². The fourth-order valence-electron chi connectivity index (χ4n) is 1.97. The Bertz CT molecular complexity index is 365. The van der Waals surface area contributed by atoms with Crippen LogP contribution in [0.4, 0.5) is 0 Å². The lowest BCUT2D eigenvalue weighted by atomic mass is 10.0. The summed E-state index contributed by atoms with van der Waals surface area (Å²) >= 11 is 0. The van der Waals surface area contributed by atoms with Crippen LogP contribution in [0.25, 0.3) is 0 Å². The minimum atomic E-state index is 0.251. The largest absolute Gasteiger partial charge is 0.314 e. The fraction of sp³-hybridized carbons (Fsp3) is 0.533. The number of hydrogen-bond acceptors (Lipinski definition) is 2. The molecular weight excluding hydrogens is 210 g/mol. The van der Waals surface area contributed by atoms with Gasteiger partial charge in [-0.2, -0.15) is 0 Å². The van der Waals surface area contributed by atoms with Crippen LogP contribution in [-0.4, -0.2) is 18.4 Å². The van der Waals surface area contributed by atoms with Crippen LogP contribution in [0.2, 0.25) is 0 Å². The summed E-state index contributed by atoms with van der Waals surface area (Å²) in [6.07, 6.45) is 5.42. The summed E-state index contributed by atoms with van der Waals surface area (Å²) in [5.41, 5.74) is 2.17. The van der Waals surface area contributed by atoms with Crippen LogP contribution in [0.5, 0.6) is 0 Å². The van der Waals surface area contributed by atoms with E-state index in [4.69, 9.17) is 0 Å². The van der Waals surface area contributed by atoms with Gasteiger partial charge in [0.15, 0.2) is 5.78 Å². The van der Waals surface area contributed by atoms with E-state index in [1.807, 2.05) is 12.1 Å². The summed E-state index contributed by atoms with van der Waals surface area (Å²) in [6, 6.07) is 8.76. The van der Waals surface area contributed by atoms with Gasteiger partial charge in [-0.05, 0) is 24.8 Å². The molecule has 0 radical (unpaired) electrons. The smallest absolute Gasteiger partial charge is 0.164 e. The third-order valence-electron chi connectivity index (χ3n) is 3.18. The predicted octanol–water partition coefficient (Wildman–Crippen LogP) is 2.96. The summed E-state index contributed by atoms with van der Waals surface area (Å²) in [4.78, 5) is 11.9. The predicted molar refractivity (Wildman–Crippen MR) is 70.4 cm³/mol. The van der Waals surface area contributed by atoms with Crippen molar-refractivity contribution >= 4 is 5.78 Å². The summed E-state index contributed by atoms with van der Waals surface area (Å²) < 4.78 is 0. The molecule has 92 valence electrons. The maximum Gasteiger partial charge on any atom is 0.164 e. The molecular formula is C15H21NO. The first-order chi connectivity index (χ1) is 8.29. The lowest BCUT2D eigenvalue weighted by Crippen LogP contribution is -2.20. The maximum atomic E-state index is 11.9. The van der Waals surface area contributed by atoms with E-state index in [0.717, 1.165) is 24.9 Å². The summed E-state index contributed by atoms with van der Waals surface area (Å²) in [5.74, 6) is 0.251. The zero-order valence-electron chi connectivity index (χ0n) is 10.5. The molecule has 1 aliphatic rings. The summed E-state index contributed by atoms with van der Waals surface area (Å²) in [6.45, 7) is 2.99. The number of aryl methyl sites for hydroxylation is 1. The molecule has 1 aromatic carbocycles. The molecule has 0 atom stereocenters. The maximum absolute atomic E-state index is 11.9. The number of ketones is 1. The first kappa shape index (κ1) is 12.3. The topological polar surface area (TPSA) is 29.1 Å². The van der Waals surface area contributed by atoms with E-state index in [1.165, 1.54) is 18.4 Å². The minimum absolute atomic E-state index is 0.251. The highest BCUT2D eigenvalue weighted by Gasteiger charge is 2.20. The standard InChI is InChI=1S/C15H21NO/c1-2-3-12-4-6-13(7-5-12)15(17)10-11-16-14-8-9-14/h4-7,14,16H,2-3,8-11H2,1H3. The van der Waals surface area contributed by atoms with Gasteiger partial charge in [-0.1, -0.05) is 37.6 Å². The molecule has 1 aromatic rings. The number of rotatable bonds is 7. The monoisotopic (exact) mass is 231 g/mol. The Kier molecular flexibility index (Phi) is 4.32. The Hall–Kier alpha value is -1.15. The molecule has 0 aromatic heterocycles. The molecule has 0 aliphatic heterocycles. The lowest BCUT2D eigenvalue weighted by Gasteiger charge is -2.04. The van der Waals surface area contributed by atoms with Gasteiger partial charge in [0.25, 0.3) is 0 Å². The van der Waals surface area contributed by atoms with Crippen LogP contribution in [0.15, 0.2) is 24.3 Å². The van der Waals surface area contributed by atoms with Crippen molar-refractivity contribution in [1.82, 2.24) is 5.32 Å².